The molecular formula is C37H46ClN5O4. The Balaban J connectivity index is 1.07. The fourth-order valence-electron chi connectivity index (χ4n) is 7.91. The molecule has 2 saturated heterocycles. The van der Waals surface area contributed by atoms with Gasteiger partial charge in [0.05, 0.1) is 21.7 Å². The number of halogens is 1. The Bertz CT molecular complexity index is 1670. The predicted molar refractivity (Wildman–Crippen MR) is 185 cm³/mol. The third-order valence-electron chi connectivity index (χ3n) is 10.6. The van der Waals surface area contributed by atoms with Gasteiger partial charge in [0, 0.05) is 43.6 Å². The molecule has 3 heterocycles. The third kappa shape index (κ3) is 7.71. The number of aromatic amines is 1. The number of carbonyl (C=O) groups is 2. The molecule has 3 aliphatic rings. The van der Waals surface area contributed by atoms with Gasteiger partial charge in [0.1, 0.15) is 0 Å². The van der Waals surface area contributed by atoms with Gasteiger partial charge in [0.25, 0.3) is 5.91 Å². The summed E-state index contributed by atoms with van der Waals surface area (Å²) in [6.07, 6.45) is 15.0. The van der Waals surface area contributed by atoms with Gasteiger partial charge in [0.15, 0.2) is 6.10 Å². The molecule has 2 aromatic carbocycles. The van der Waals surface area contributed by atoms with Crippen LogP contribution in [0, 0.1) is 18.3 Å². The minimum atomic E-state index is -0.969. The van der Waals surface area contributed by atoms with Gasteiger partial charge in [-0.25, -0.2) is 4.79 Å². The molecule has 3 N–H and O–H groups in total. The van der Waals surface area contributed by atoms with Crippen LogP contribution in [0.25, 0.3) is 11.0 Å². The Morgan fingerprint density at radius 2 is 1.72 bits per heavy atom. The van der Waals surface area contributed by atoms with Crippen molar-refractivity contribution < 1.29 is 14.3 Å². The zero-order chi connectivity index (χ0) is 32.9. The summed E-state index contributed by atoms with van der Waals surface area (Å²) >= 11 is 6.37. The minimum Gasteiger partial charge on any atom is -0.452 e. The van der Waals surface area contributed by atoms with Crippen LogP contribution in [0.15, 0.2) is 41.2 Å². The number of fused-ring (bicyclic) bond motifs is 1. The van der Waals surface area contributed by atoms with Crippen molar-refractivity contribution >= 4 is 40.2 Å². The first-order chi connectivity index (χ1) is 22.8. The van der Waals surface area contributed by atoms with Gasteiger partial charge in [-0.15, -0.1) is 6.42 Å². The van der Waals surface area contributed by atoms with Gasteiger partial charge >= 0.3 is 11.7 Å². The number of para-hydroxylation sites is 2. The van der Waals surface area contributed by atoms with Crippen molar-refractivity contribution in [2.45, 2.75) is 95.2 Å². The van der Waals surface area contributed by atoms with Crippen LogP contribution in [0.5, 0.6) is 0 Å². The fourth-order valence-corrected chi connectivity index (χ4v) is 8.15. The standard InChI is InChI=1S/C37H46ClN5O4/c1-2-27-22-26(23-30(38)35(27)39)24-33(36(45)42-20-16-28(17-21-42)41-18-6-3-7-19-41)47-34(44)15-12-25-10-13-29(14-11-25)43-32-9-5-4-8-31(32)40-37(43)46/h1,4-5,8-9,22-23,25,28-29,33H,3,6-7,10-21,24,39H2,(H,40,46)/t25?,29?,33-/m1/s1. The monoisotopic (exact) mass is 659 g/mol. The molecule has 250 valence electrons. The Morgan fingerprint density at radius 3 is 2.45 bits per heavy atom. The Morgan fingerprint density at radius 1 is 1.00 bits per heavy atom. The fraction of sp³-hybridized carbons (Fsp3) is 0.541. The van der Waals surface area contributed by atoms with E-state index in [1.54, 1.807) is 12.1 Å². The quantitative estimate of drug-likeness (QED) is 0.173. The van der Waals surface area contributed by atoms with E-state index in [2.05, 4.69) is 15.8 Å². The Labute approximate surface area is 281 Å². The molecule has 47 heavy (non-hydrogen) atoms. The number of benzene rings is 2. The lowest BCUT2D eigenvalue weighted by atomic mass is 9.83. The van der Waals surface area contributed by atoms with Gasteiger partial charge in [-0.1, -0.05) is 36.1 Å². The molecule has 3 aromatic rings. The number of imidazole rings is 1. The van der Waals surface area contributed by atoms with E-state index in [9.17, 15) is 14.4 Å². The number of carbonyl (C=O) groups excluding carboxylic acids is 2. The summed E-state index contributed by atoms with van der Waals surface area (Å²) < 4.78 is 7.86. The predicted octanol–water partition coefficient (Wildman–Crippen LogP) is 5.69. The number of piperidine rings is 2. The first-order valence-corrected chi connectivity index (χ1v) is 17.6. The summed E-state index contributed by atoms with van der Waals surface area (Å²) in [5.74, 6) is 2.37. The number of esters is 1. The molecule has 1 saturated carbocycles. The second-order valence-corrected chi connectivity index (χ2v) is 14.0. The zero-order valence-electron chi connectivity index (χ0n) is 27.1. The molecule has 1 aromatic heterocycles. The molecule has 0 unspecified atom stereocenters. The maximum absolute atomic E-state index is 13.9. The molecule has 1 amide bonds. The average Bonchev–Trinajstić information content (AvgIpc) is 3.44. The van der Waals surface area contributed by atoms with Crippen LogP contribution in [0.1, 0.15) is 87.8 Å². The van der Waals surface area contributed by atoms with E-state index < -0.39 is 6.10 Å². The number of aromatic nitrogens is 2. The summed E-state index contributed by atoms with van der Waals surface area (Å²) in [4.78, 5) is 47.3. The number of nitrogens with zero attached hydrogens (tertiary/aromatic N) is 3. The number of hydrogen-bond acceptors (Lipinski definition) is 6. The summed E-state index contributed by atoms with van der Waals surface area (Å²) in [7, 11) is 0. The first kappa shape index (κ1) is 33.2. The van der Waals surface area contributed by atoms with Crippen molar-refractivity contribution in [3.05, 3.63) is 63.0 Å². The number of nitrogen functional groups attached to an aromatic ring is 1. The summed E-state index contributed by atoms with van der Waals surface area (Å²) in [6.45, 7) is 3.57. The lowest BCUT2D eigenvalue weighted by molar-refractivity contribution is -0.161. The number of likely N-dealkylation sites (tertiary alicyclic amines) is 2. The highest BCUT2D eigenvalue weighted by atomic mass is 35.5. The number of nitrogens with one attached hydrogen (secondary N) is 1. The molecule has 1 aliphatic carbocycles. The van der Waals surface area contributed by atoms with Gasteiger partial charge in [-0.3, -0.25) is 14.2 Å². The van der Waals surface area contributed by atoms with Crippen molar-refractivity contribution in [3.63, 3.8) is 0 Å². The number of H-pyrrole nitrogens is 1. The number of anilines is 1. The molecule has 9 nitrogen and oxygen atoms in total. The number of rotatable bonds is 9. The molecule has 0 radical (unpaired) electrons. The number of terminal acetylenes is 1. The molecule has 0 bridgehead atoms. The van der Waals surface area contributed by atoms with Crippen molar-refractivity contribution in [3.8, 4) is 12.3 Å². The van der Waals surface area contributed by atoms with Crippen molar-refractivity contribution in [2.75, 3.05) is 31.9 Å². The second kappa shape index (κ2) is 15.0. The Kier molecular flexibility index (Phi) is 10.6. The largest absolute Gasteiger partial charge is 0.452 e. The molecular weight excluding hydrogens is 614 g/mol. The highest BCUT2D eigenvalue weighted by molar-refractivity contribution is 6.33. The molecule has 0 spiro atoms. The maximum Gasteiger partial charge on any atom is 0.326 e. The number of ether oxygens (including phenoxy) is 1. The lowest BCUT2D eigenvalue weighted by Gasteiger charge is -2.40. The van der Waals surface area contributed by atoms with Crippen molar-refractivity contribution in [2.24, 2.45) is 5.92 Å². The van der Waals surface area contributed by atoms with Crippen molar-refractivity contribution in [1.29, 1.82) is 0 Å². The highest BCUT2D eigenvalue weighted by Gasteiger charge is 2.33. The van der Waals surface area contributed by atoms with Gasteiger partial charge in [0.2, 0.25) is 0 Å². The first-order valence-electron chi connectivity index (χ1n) is 17.3. The zero-order valence-corrected chi connectivity index (χ0v) is 27.9. The van der Waals surface area contributed by atoms with Gasteiger partial charge < -0.3 is 25.3 Å². The van der Waals surface area contributed by atoms with E-state index in [1.807, 2.05) is 33.7 Å². The summed E-state index contributed by atoms with van der Waals surface area (Å²) in [5, 5.41) is 0.320. The Hall–Kier alpha value is -3.74. The van der Waals surface area contributed by atoms with Gasteiger partial charge in [-0.05, 0) is 107 Å². The lowest BCUT2D eigenvalue weighted by Crippen LogP contribution is -2.51. The van der Waals surface area contributed by atoms with Crippen LogP contribution < -0.4 is 11.4 Å². The van der Waals surface area contributed by atoms with Crippen LogP contribution >= 0.6 is 11.6 Å². The molecule has 10 heteroatoms. The third-order valence-corrected chi connectivity index (χ3v) is 10.9. The van der Waals surface area contributed by atoms with Crippen LogP contribution in [0.4, 0.5) is 5.69 Å². The number of nitrogens with two attached hydrogens (primary N) is 1. The smallest absolute Gasteiger partial charge is 0.326 e. The molecule has 6 rings (SSSR count). The molecule has 3 fully saturated rings. The number of amides is 1. The maximum atomic E-state index is 13.9. The van der Waals surface area contributed by atoms with Crippen molar-refractivity contribution in [1.82, 2.24) is 19.4 Å². The van der Waals surface area contributed by atoms with E-state index >= 15 is 0 Å². The topological polar surface area (TPSA) is 114 Å². The van der Waals surface area contributed by atoms with E-state index in [0.29, 0.717) is 53.3 Å². The van der Waals surface area contributed by atoms with E-state index in [4.69, 9.17) is 28.5 Å². The normalized spacial score (nSPS) is 21.7. The van der Waals surface area contributed by atoms with E-state index in [1.165, 1.54) is 19.3 Å². The molecule has 1 atom stereocenters. The van der Waals surface area contributed by atoms with Gasteiger partial charge in [-0.2, -0.15) is 0 Å². The van der Waals surface area contributed by atoms with E-state index in [0.717, 1.165) is 62.6 Å². The molecule has 2 aliphatic heterocycles. The van der Waals surface area contributed by atoms with E-state index in [-0.39, 0.29) is 36.4 Å². The SMILES string of the molecule is C#Cc1cc(C[C@@H](OC(=O)CCC2CCC(n3c(=O)[nH]c4ccccc43)CC2)C(=O)N2CCC(N3CCCCC3)CC2)cc(Cl)c1N. The van der Waals surface area contributed by atoms with Crippen LogP contribution in [0.2, 0.25) is 5.02 Å². The summed E-state index contributed by atoms with van der Waals surface area (Å²) in [6, 6.07) is 11.9. The second-order valence-electron chi connectivity index (χ2n) is 13.5. The van der Waals surface area contributed by atoms with Crippen LogP contribution in [0.3, 0.4) is 0 Å². The highest BCUT2D eigenvalue weighted by Crippen LogP contribution is 2.35. The minimum absolute atomic E-state index is 0.0681. The van der Waals surface area contributed by atoms with Crippen LogP contribution in [-0.4, -0.2) is 69.6 Å². The number of hydrogen-bond donors (Lipinski definition) is 2. The average molecular weight is 660 g/mol. The van der Waals surface area contributed by atoms with Crippen LogP contribution in [-0.2, 0) is 20.7 Å². The summed E-state index contributed by atoms with van der Waals surface area (Å²) in [5.41, 5.74) is 9.25.